The summed E-state index contributed by atoms with van der Waals surface area (Å²) >= 11 is 0. The van der Waals surface area contributed by atoms with Gasteiger partial charge in [0.2, 0.25) is 0 Å². The summed E-state index contributed by atoms with van der Waals surface area (Å²) in [7, 11) is -0.851. The second-order valence-electron chi connectivity index (χ2n) is 4.06. The molecule has 4 heteroatoms. The maximum atomic E-state index is 11.3. The zero-order chi connectivity index (χ0) is 13.0. The standard InChI is InChI=1S/C15H15O2P.Ni/c1-12(15(16)17)18(13-8-4-2-5-9-13)14-10-6-3-7-11-14;/h2-12H,1H3,(H,16,17);. The summed E-state index contributed by atoms with van der Waals surface area (Å²) in [4.78, 5) is 11.3. The molecule has 1 atom stereocenters. The molecule has 2 aromatic rings. The SMILES string of the molecule is CC(C(=O)O)P(c1ccccc1)c1ccccc1.[Ni]. The Morgan fingerprint density at radius 2 is 1.32 bits per heavy atom. The van der Waals surface area contributed by atoms with Gasteiger partial charge in [-0.15, -0.1) is 0 Å². The molecule has 2 aromatic carbocycles. The largest absolute Gasteiger partial charge is 0.481 e. The Bertz CT molecular complexity index is 477. The Balaban J connectivity index is 0.00000180. The van der Waals surface area contributed by atoms with Crippen LogP contribution >= 0.6 is 7.92 Å². The minimum atomic E-state index is -0.851. The van der Waals surface area contributed by atoms with E-state index in [4.69, 9.17) is 0 Å². The fourth-order valence-electron chi connectivity index (χ4n) is 1.88. The van der Waals surface area contributed by atoms with E-state index in [0.29, 0.717) is 0 Å². The first kappa shape index (κ1) is 15.9. The predicted molar refractivity (Wildman–Crippen MR) is 76.2 cm³/mol. The van der Waals surface area contributed by atoms with Gasteiger partial charge in [0, 0.05) is 16.5 Å². The van der Waals surface area contributed by atoms with Gasteiger partial charge in [-0.3, -0.25) is 4.79 Å². The first-order chi connectivity index (χ1) is 8.70. The van der Waals surface area contributed by atoms with Crippen LogP contribution in [-0.2, 0) is 21.3 Å². The topological polar surface area (TPSA) is 37.3 Å². The van der Waals surface area contributed by atoms with Crippen LogP contribution in [0.25, 0.3) is 0 Å². The molecule has 0 fully saturated rings. The van der Waals surface area contributed by atoms with Gasteiger partial charge in [0.25, 0.3) is 0 Å². The monoisotopic (exact) mass is 316 g/mol. The number of carbonyl (C=O) groups is 1. The van der Waals surface area contributed by atoms with Crippen molar-refractivity contribution in [2.24, 2.45) is 0 Å². The van der Waals surface area contributed by atoms with Gasteiger partial charge in [-0.1, -0.05) is 60.7 Å². The van der Waals surface area contributed by atoms with E-state index in [1.54, 1.807) is 6.92 Å². The molecule has 0 radical (unpaired) electrons. The van der Waals surface area contributed by atoms with Gasteiger partial charge in [-0.2, -0.15) is 0 Å². The first-order valence-corrected chi connectivity index (χ1v) is 7.23. The van der Waals surface area contributed by atoms with Crippen LogP contribution in [-0.4, -0.2) is 16.7 Å². The van der Waals surface area contributed by atoms with Crippen molar-refractivity contribution in [3.63, 3.8) is 0 Å². The molecule has 2 rings (SSSR count). The van der Waals surface area contributed by atoms with Crippen molar-refractivity contribution in [2.75, 3.05) is 0 Å². The summed E-state index contributed by atoms with van der Waals surface area (Å²) < 4.78 is 0. The maximum absolute atomic E-state index is 11.3. The number of carboxylic acid groups (broad SMARTS) is 1. The first-order valence-electron chi connectivity index (χ1n) is 5.82. The summed E-state index contributed by atoms with van der Waals surface area (Å²) in [5.74, 6) is -0.742. The van der Waals surface area contributed by atoms with E-state index >= 15 is 0 Å². The minimum Gasteiger partial charge on any atom is -0.481 e. The molecule has 102 valence electrons. The Hall–Kier alpha value is -1.17. The molecular weight excluding hydrogens is 302 g/mol. The van der Waals surface area contributed by atoms with Gasteiger partial charge < -0.3 is 5.11 Å². The van der Waals surface area contributed by atoms with Gasteiger partial charge in [0.05, 0.1) is 5.66 Å². The van der Waals surface area contributed by atoms with Gasteiger partial charge in [-0.05, 0) is 25.5 Å². The molecule has 0 saturated carbocycles. The van der Waals surface area contributed by atoms with Crippen molar-refractivity contribution < 1.29 is 26.4 Å². The normalized spacial score (nSPS) is 11.7. The third-order valence-electron chi connectivity index (χ3n) is 2.81. The van der Waals surface area contributed by atoms with E-state index in [2.05, 4.69) is 0 Å². The van der Waals surface area contributed by atoms with Crippen molar-refractivity contribution in [3.8, 4) is 0 Å². The molecule has 19 heavy (non-hydrogen) atoms. The van der Waals surface area contributed by atoms with Crippen molar-refractivity contribution in [2.45, 2.75) is 12.6 Å². The van der Waals surface area contributed by atoms with E-state index in [0.717, 1.165) is 10.6 Å². The van der Waals surface area contributed by atoms with Gasteiger partial charge in [0.15, 0.2) is 0 Å². The molecule has 0 saturated heterocycles. The van der Waals surface area contributed by atoms with Crippen molar-refractivity contribution in [1.29, 1.82) is 0 Å². The Labute approximate surface area is 124 Å². The molecule has 0 aliphatic heterocycles. The molecule has 1 unspecified atom stereocenters. The van der Waals surface area contributed by atoms with Crippen LogP contribution in [0.3, 0.4) is 0 Å². The molecular formula is C15H15NiO2P. The number of aliphatic carboxylic acids is 1. The predicted octanol–water partition coefficient (Wildman–Crippen LogP) is 2.59. The average molecular weight is 317 g/mol. The number of hydrogen-bond donors (Lipinski definition) is 1. The number of carboxylic acids is 1. The zero-order valence-electron chi connectivity index (χ0n) is 10.5. The number of benzene rings is 2. The van der Waals surface area contributed by atoms with Crippen molar-refractivity contribution >= 4 is 24.5 Å². The number of rotatable bonds is 4. The fraction of sp³-hybridized carbons (Fsp3) is 0.133. The van der Waals surface area contributed by atoms with Crippen molar-refractivity contribution in [1.82, 2.24) is 0 Å². The second kappa shape index (κ2) is 7.43. The summed E-state index contributed by atoms with van der Waals surface area (Å²) in [6, 6.07) is 19.8. The third-order valence-corrected chi connectivity index (χ3v) is 5.52. The summed E-state index contributed by atoms with van der Waals surface area (Å²) in [6.45, 7) is 1.79. The molecule has 0 bridgehead atoms. The summed E-state index contributed by atoms with van der Waals surface area (Å²) in [5, 5.41) is 11.5. The molecule has 0 amide bonds. The van der Waals surface area contributed by atoms with Gasteiger partial charge in [0.1, 0.15) is 0 Å². The molecule has 0 aliphatic carbocycles. The van der Waals surface area contributed by atoms with E-state index in [-0.39, 0.29) is 22.2 Å². The zero-order valence-corrected chi connectivity index (χ0v) is 12.4. The Morgan fingerprint density at radius 3 is 1.63 bits per heavy atom. The van der Waals surface area contributed by atoms with Crippen LogP contribution in [0.1, 0.15) is 6.92 Å². The minimum absolute atomic E-state index is 0. The molecule has 1 N–H and O–H groups in total. The van der Waals surface area contributed by atoms with Crippen LogP contribution in [0.5, 0.6) is 0 Å². The maximum Gasteiger partial charge on any atom is 0.311 e. The average Bonchev–Trinajstić information content (AvgIpc) is 2.41. The molecule has 0 aliphatic rings. The molecule has 0 aromatic heterocycles. The van der Waals surface area contributed by atoms with Crippen LogP contribution in [0.2, 0.25) is 0 Å². The molecule has 2 nitrogen and oxygen atoms in total. The smallest absolute Gasteiger partial charge is 0.311 e. The summed E-state index contributed by atoms with van der Waals surface area (Å²) in [6.07, 6.45) is 0. The van der Waals surface area contributed by atoms with E-state index in [1.807, 2.05) is 60.7 Å². The van der Waals surface area contributed by atoms with Gasteiger partial charge >= 0.3 is 5.97 Å². The Kier molecular flexibility index (Phi) is 6.21. The van der Waals surface area contributed by atoms with Crippen molar-refractivity contribution in [3.05, 3.63) is 60.7 Å². The second-order valence-corrected chi connectivity index (χ2v) is 6.60. The third kappa shape index (κ3) is 3.90. The van der Waals surface area contributed by atoms with Gasteiger partial charge in [-0.25, -0.2) is 0 Å². The number of hydrogen-bond acceptors (Lipinski definition) is 1. The van der Waals surface area contributed by atoms with E-state index < -0.39 is 13.9 Å². The Morgan fingerprint density at radius 1 is 0.947 bits per heavy atom. The van der Waals surface area contributed by atoms with Crippen LogP contribution in [0.15, 0.2) is 60.7 Å². The van der Waals surface area contributed by atoms with E-state index in [1.165, 1.54) is 0 Å². The summed E-state index contributed by atoms with van der Waals surface area (Å²) in [5.41, 5.74) is -0.384. The van der Waals surface area contributed by atoms with Crippen LogP contribution in [0, 0.1) is 0 Å². The van der Waals surface area contributed by atoms with Crippen LogP contribution in [0.4, 0.5) is 0 Å². The molecule has 0 spiro atoms. The molecule has 0 heterocycles. The van der Waals surface area contributed by atoms with E-state index in [9.17, 15) is 9.90 Å². The quantitative estimate of drug-likeness (QED) is 0.695. The van der Waals surface area contributed by atoms with Crippen LogP contribution < -0.4 is 10.6 Å². The fourth-order valence-corrected chi connectivity index (χ4v) is 4.28.